The molecule has 10 heteroatoms. The normalized spacial score (nSPS) is 23.7. The lowest BCUT2D eigenvalue weighted by atomic mass is 9.94. The van der Waals surface area contributed by atoms with E-state index in [0.29, 0.717) is 42.8 Å². The number of rotatable bonds is 8. The monoisotopic (exact) mass is 518 g/mol. The lowest BCUT2D eigenvalue weighted by Crippen LogP contribution is -2.51. The molecule has 2 heterocycles. The van der Waals surface area contributed by atoms with E-state index in [-0.39, 0.29) is 12.0 Å². The van der Waals surface area contributed by atoms with Crippen LogP contribution in [0.3, 0.4) is 0 Å². The number of allylic oxidation sites excluding steroid dienone is 2. The largest absolute Gasteiger partial charge is 0.497 e. The molecule has 2 atom stereocenters. The summed E-state index contributed by atoms with van der Waals surface area (Å²) in [6.45, 7) is 8.70. The van der Waals surface area contributed by atoms with Crippen molar-refractivity contribution in [1.82, 2.24) is 9.88 Å². The van der Waals surface area contributed by atoms with Crippen LogP contribution >= 0.6 is 0 Å². The van der Waals surface area contributed by atoms with Crippen LogP contribution in [0.15, 0.2) is 51.6 Å². The summed E-state index contributed by atoms with van der Waals surface area (Å²) in [7, 11) is 1.37. The number of methoxy groups -OCH3 is 2. The minimum Gasteiger partial charge on any atom is -0.497 e. The summed E-state index contributed by atoms with van der Waals surface area (Å²) in [4.78, 5) is 14.8. The predicted molar refractivity (Wildman–Crippen MR) is 144 cm³/mol. The van der Waals surface area contributed by atoms with Crippen LogP contribution in [0, 0.1) is 0 Å². The second-order valence-corrected chi connectivity index (χ2v) is 12.0. The molecule has 1 aliphatic heterocycles. The van der Waals surface area contributed by atoms with Crippen molar-refractivity contribution in [2.75, 3.05) is 47.3 Å². The third kappa shape index (κ3) is 5.29. The van der Waals surface area contributed by atoms with Crippen molar-refractivity contribution >= 4 is 27.5 Å². The van der Waals surface area contributed by atoms with Gasteiger partial charge in [-0.15, -0.1) is 0 Å². The fraction of sp³-hybridized carbons (Fsp3) is 0.538. The number of ether oxygens (including phenoxy) is 3. The van der Waals surface area contributed by atoms with Crippen LogP contribution in [0.25, 0.3) is 6.08 Å². The number of aromatic nitrogens is 1. The van der Waals surface area contributed by atoms with E-state index >= 15 is 0 Å². The Hall–Kier alpha value is -2.85. The Labute approximate surface area is 214 Å². The van der Waals surface area contributed by atoms with Crippen molar-refractivity contribution in [1.29, 1.82) is 0 Å². The van der Waals surface area contributed by atoms with E-state index in [2.05, 4.69) is 14.9 Å². The molecule has 1 aliphatic carbocycles. The zero-order valence-corrected chi connectivity index (χ0v) is 23.3. The minimum absolute atomic E-state index is 0.0409. The number of aromatic amines is 1. The molecule has 1 N–H and O–H groups in total. The van der Waals surface area contributed by atoms with Gasteiger partial charge in [-0.25, -0.2) is 8.42 Å². The van der Waals surface area contributed by atoms with E-state index in [9.17, 15) is 8.42 Å². The molecule has 9 nitrogen and oxygen atoms in total. The smallest absolute Gasteiger partial charge is 0.184 e. The lowest BCUT2D eigenvalue weighted by Gasteiger charge is -2.40. The van der Waals surface area contributed by atoms with Gasteiger partial charge < -0.3 is 24.1 Å². The highest BCUT2D eigenvalue weighted by Crippen LogP contribution is 2.35. The summed E-state index contributed by atoms with van der Waals surface area (Å²) in [5.41, 5.74) is 2.98. The van der Waals surface area contributed by atoms with Gasteiger partial charge in [0.15, 0.2) is 21.4 Å². The van der Waals surface area contributed by atoms with Crippen molar-refractivity contribution in [3.63, 3.8) is 0 Å². The quantitative estimate of drug-likeness (QED) is 0.528. The molecule has 36 heavy (non-hydrogen) atoms. The Morgan fingerprint density at radius 3 is 2.64 bits per heavy atom. The van der Waals surface area contributed by atoms with Gasteiger partial charge in [0, 0.05) is 56.6 Å². The van der Waals surface area contributed by atoms with E-state index in [1.165, 1.54) is 6.26 Å². The van der Waals surface area contributed by atoms with Gasteiger partial charge in [-0.1, -0.05) is 6.08 Å². The standard InChI is InChI=1S/C26H38N4O5S/c1-9-30-18(15-33-6)16-35-23(25(30)27-5)24(26(3,4)36(8,31)32)29-17(2)20-11-10-19(34-7)14-22-21(20)12-13-28-22/h10-14,18,20,28H,9,15-16H2,1-8H3/b24-23+,27-25?,29-17?/t18-,20?/m0/s1. The Morgan fingerprint density at radius 2 is 2.06 bits per heavy atom. The van der Waals surface area contributed by atoms with Crippen LogP contribution in [0.1, 0.15) is 44.9 Å². The molecule has 198 valence electrons. The van der Waals surface area contributed by atoms with Crippen molar-refractivity contribution in [3.8, 4) is 0 Å². The molecule has 0 bridgehead atoms. The number of hydrogen-bond acceptors (Lipinski definition) is 7. The number of nitrogens with zero attached hydrogens (tertiary/aromatic N) is 3. The Balaban J connectivity index is 2.22. The van der Waals surface area contributed by atoms with Crippen LogP contribution in [0.4, 0.5) is 0 Å². The van der Waals surface area contributed by atoms with Gasteiger partial charge in [0.1, 0.15) is 22.8 Å². The molecule has 0 spiro atoms. The number of sulfone groups is 1. The van der Waals surface area contributed by atoms with Gasteiger partial charge in [-0.3, -0.25) is 9.98 Å². The van der Waals surface area contributed by atoms with Gasteiger partial charge >= 0.3 is 0 Å². The molecule has 0 radical (unpaired) electrons. The predicted octanol–water partition coefficient (Wildman–Crippen LogP) is 3.55. The second-order valence-electron chi connectivity index (χ2n) is 9.40. The number of H-pyrrole nitrogens is 1. The van der Waals surface area contributed by atoms with Crippen molar-refractivity contribution in [2.45, 2.75) is 44.4 Å². The number of aliphatic imine (C=N–C) groups is 2. The molecule has 1 fully saturated rings. The van der Waals surface area contributed by atoms with Gasteiger partial charge in [-0.05, 0) is 45.4 Å². The van der Waals surface area contributed by atoms with Gasteiger partial charge in [-0.2, -0.15) is 0 Å². The third-order valence-corrected chi connectivity index (χ3v) is 8.87. The Morgan fingerprint density at radius 1 is 1.33 bits per heavy atom. The molecule has 1 aromatic rings. The zero-order valence-electron chi connectivity index (χ0n) is 22.5. The molecule has 0 amide bonds. The molecular weight excluding hydrogens is 480 g/mol. The maximum Gasteiger partial charge on any atom is 0.184 e. The Kier molecular flexibility index (Phi) is 8.51. The van der Waals surface area contributed by atoms with Crippen LogP contribution < -0.4 is 0 Å². The molecule has 2 aliphatic rings. The fourth-order valence-corrected chi connectivity index (χ4v) is 4.92. The summed E-state index contributed by atoms with van der Waals surface area (Å²) < 4.78 is 41.8. The highest BCUT2D eigenvalue weighted by molar-refractivity contribution is 7.92. The summed E-state index contributed by atoms with van der Waals surface area (Å²) in [6.07, 6.45) is 8.93. The van der Waals surface area contributed by atoms with E-state index < -0.39 is 14.6 Å². The highest BCUT2D eigenvalue weighted by Gasteiger charge is 2.42. The van der Waals surface area contributed by atoms with Crippen LogP contribution in [0.5, 0.6) is 0 Å². The highest BCUT2D eigenvalue weighted by atomic mass is 32.2. The average molecular weight is 519 g/mol. The summed E-state index contributed by atoms with van der Waals surface area (Å²) in [5.74, 6) is 1.46. The molecule has 3 rings (SSSR count). The summed E-state index contributed by atoms with van der Waals surface area (Å²) in [6, 6.07) is 1.96. The number of morpholine rings is 1. The van der Waals surface area contributed by atoms with E-state index in [1.807, 2.05) is 44.3 Å². The number of nitrogens with one attached hydrogen (secondary N) is 1. The molecular formula is C26H38N4O5S. The first kappa shape index (κ1) is 27.7. The SMILES string of the molecule is CCN1C(=NC)/C(=C(\N=C(C)C2C=CC(OC)=Cc3[nH]ccc32)C(C)(C)S(C)(=O)=O)OC[C@@H]1COC. The van der Waals surface area contributed by atoms with E-state index in [0.717, 1.165) is 17.0 Å². The minimum atomic E-state index is -3.57. The van der Waals surface area contributed by atoms with Gasteiger partial charge in [0.2, 0.25) is 0 Å². The summed E-state index contributed by atoms with van der Waals surface area (Å²) in [5, 5.41) is 0. The number of likely N-dealkylation sites (N-methyl/N-ethyl adjacent to an activating group) is 1. The lowest BCUT2D eigenvalue weighted by molar-refractivity contribution is 0.0546. The molecule has 1 saturated heterocycles. The average Bonchev–Trinajstić information content (AvgIpc) is 3.20. The summed E-state index contributed by atoms with van der Waals surface area (Å²) >= 11 is 0. The molecule has 0 saturated carbocycles. The van der Waals surface area contributed by atoms with E-state index in [1.54, 1.807) is 35.1 Å². The topological polar surface area (TPSA) is 106 Å². The first-order valence-electron chi connectivity index (χ1n) is 12.0. The van der Waals surface area contributed by atoms with Gasteiger partial charge in [0.25, 0.3) is 0 Å². The van der Waals surface area contributed by atoms with E-state index in [4.69, 9.17) is 19.2 Å². The first-order chi connectivity index (χ1) is 17.0. The first-order valence-corrected chi connectivity index (χ1v) is 13.8. The fourth-order valence-electron chi connectivity index (χ4n) is 4.43. The maximum absolute atomic E-state index is 13.0. The maximum atomic E-state index is 13.0. The number of hydrogen-bond donors (Lipinski definition) is 1. The molecule has 1 aromatic heterocycles. The second kappa shape index (κ2) is 11.0. The Bertz CT molecular complexity index is 1220. The van der Waals surface area contributed by atoms with Crippen molar-refractivity contribution < 1.29 is 22.6 Å². The molecule has 0 aromatic carbocycles. The van der Waals surface area contributed by atoms with Crippen LogP contribution in [-0.2, 0) is 24.0 Å². The zero-order chi connectivity index (χ0) is 26.7. The van der Waals surface area contributed by atoms with Gasteiger partial charge in [0.05, 0.1) is 19.8 Å². The van der Waals surface area contributed by atoms with Crippen LogP contribution in [-0.4, -0.2) is 87.9 Å². The number of amidine groups is 1. The van der Waals surface area contributed by atoms with Crippen molar-refractivity contribution in [2.24, 2.45) is 9.98 Å². The van der Waals surface area contributed by atoms with Crippen LogP contribution in [0.2, 0.25) is 0 Å². The third-order valence-electron chi connectivity index (χ3n) is 6.82. The van der Waals surface area contributed by atoms with Crippen molar-refractivity contribution in [3.05, 3.63) is 52.9 Å². The molecule has 1 unspecified atom stereocenters. The number of fused-ring (bicyclic) bond motifs is 1.